The topological polar surface area (TPSA) is 86.5 Å². The van der Waals surface area contributed by atoms with Crippen molar-refractivity contribution in [2.24, 2.45) is 23.0 Å². The molecule has 102 valence electrons. The van der Waals surface area contributed by atoms with Gasteiger partial charge >= 0.3 is 11.9 Å². The van der Waals surface area contributed by atoms with Crippen molar-refractivity contribution in [2.75, 3.05) is 6.54 Å². The Morgan fingerprint density at radius 3 is 2.44 bits per heavy atom. The van der Waals surface area contributed by atoms with E-state index in [1.165, 1.54) is 6.92 Å². The van der Waals surface area contributed by atoms with Crippen LogP contribution in [0.15, 0.2) is 0 Å². The summed E-state index contributed by atoms with van der Waals surface area (Å²) in [5.74, 6) is -0.995. The number of ketones is 1. The summed E-state index contributed by atoms with van der Waals surface area (Å²) in [5.41, 5.74) is 4.94. The third-order valence-corrected chi connectivity index (χ3v) is 3.36. The summed E-state index contributed by atoms with van der Waals surface area (Å²) >= 11 is 0. The lowest BCUT2D eigenvalue weighted by Crippen LogP contribution is -2.31. The molecule has 2 atom stereocenters. The fourth-order valence-electron chi connectivity index (χ4n) is 2.29. The Balaban J connectivity index is 2.55. The molecule has 0 aliphatic heterocycles. The van der Waals surface area contributed by atoms with Crippen LogP contribution in [0.5, 0.6) is 0 Å². The number of carbonyl (C=O) groups excluding carboxylic acids is 3. The molecular formula is C13H21NO4. The number of hydrogen-bond acceptors (Lipinski definition) is 5. The van der Waals surface area contributed by atoms with E-state index in [4.69, 9.17) is 10.5 Å². The molecule has 1 fully saturated rings. The van der Waals surface area contributed by atoms with Gasteiger partial charge in [-0.15, -0.1) is 0 Å². The van der Waals surface area contributed by atoms with Crippen LogP contribution in [0.1, 0.15) is 40.0 Å². The van der Waals surface area contributed by atoms with E-state index >= 15 is 0 Å². The third-order valence-electron chi connectivity index (χ3n) is 3.36. The first-order valence-corrected chi connectivity index (χ1v) is 6.26. The second-order valence-corrected chi connectivity index (χ2v) is 5.53. The highest BCUT2D eigenvalue weighted by atomic mass is 16.6. The molecule has 0 bridgehead atoms. The lowest BCUT2D eigenvalue weighted by atomic mass is 9.98. The molecule has 0 aromatic heterocycles. The summed E-state index contributed by atoms with van der Waals surface area (Å²) in [6, 6.07) is 0. The van der Waals surface area contributed by atoms with Crippen LogP contribution in [-0.4, -0.2) is 24.3 Å². The maximum atomic E-state index is 11.9. The van der Waals surface area contributed by atoms with Gasteiger partial charge < -0.3 is 10.5 Å². The number of ether oxygens (including phenoxy) is 1. The number of esters is 2. The lowest BCUT2D eigenvalue weighted by molar-refractivity contribution is -0.164. The fourth-order valence-corrected chi connectivity index (χ4v) is 2.29. The zero-order valence-electron chi connectivity index (χ0n) is 11.2. The zero-order chi connectivity index (χ0) is 13.9. The molecule has 0 aromatic carbocycles. The molecule has 5 nitrogen and oxygen atoms in total. The molecule has 1 saturated carbocycles. The van der Waals surface area contributed by atoms with Gasteiger partial charge in [0.05, 0.1) is 5.41 Å². The van der Waals surface area contributed by atoms with Gasteiger partial charge in [-0.3, -0.25) is 14.4 Å². The maximum Gasteiger partial charge on any atom is 0.321 e. The zero-order valence-corrected chi connectivity index (χ0v) is 11.2. The molecule has 0 heterocycles. The highest BCUT2D eigenvalue weighted by molar-refractivity contribution is 5.99. The molecule has 0 spiro atoms. The molecule has 0 radical (unpaired) electrons. The molecule has 2 unspecified atom stereocenters. The third kappa shape index (κ3) is 3.38. The van der Waals surface area contributed by atoms with E-state index in [0.717, 1.165) is 6.42 Å². The normalized spacial score (nSPS) is 25.9. The minimum absolute atomic E-state index is 0.191. The Morgan fingerprint density at radius 1 is 1.39 bits per heavy atom. The van der Waals surface area contributed by atoms with Crippen LogP contribution in [0.25, 0.3) is 0 Å². The van der Waals surface area contributed by atoms with Crippen molar-refractivity contribution in [1.29, 1.82) is 0 Å². The van der Waals surface area contributed by atoms with E-state index in [-0.39, 0.29) is 24.7 Å². The van der Waals surface area contributed by atoms with E-state index in [2.05, 4.69) is 13.8 Å². The number of hydrogen-bond donors (Lipinski definition) is 1. The van der Waals surface area contributed by atoms with Crippen molar-refractivity contribution in [2.45, 2.75) is 40.0 Å². The molecule has 2 N–H and O–H groups in total. The summed E-state index contributed by atoms with van der Waals surface area (Å²) < 4.78 is 4.71. The van der Waals surface area contributed by atoms with Gasteiger partial charge in [0.25, 0.3) is 0 Å². The Kier molecular flexibility index (Phi) is 4.62. The van der Waals surface area contributed by atoms with Crippen molar-refractivity contribution < 1.29 is 19.1 Å². The van der Waals surface area contributed by atoms with Crippen molar-refractivity contribution in [3.63, 3.8) is 0 Å². The first kappa shape index (κ1) is 14.8. The van der Waals surface area contributed by atoms with Crippen LogP contribution in [0, 0.1) is 17.3 Å². The molecule has 1 aliphatic rings. The minimum atomic E-state index is -0.782. The van der Waals surface area contributed by atoms with Gasteiger partial charge in [0.2, 0.25) is 0 Å². The van der Waals surface area contributed by atoms with Gasteiger partial charge in [-0.2, -0.15) is 0 Å². The molecule has 1 aliphatic carbocycles. The molecule has 0 saturated heterocycles. The Labute approximate surface area is 107 Å². The summed E-state index contributed by atoms with van der Waals surface area (Å²) in [5, 5.41) is 0. The van der Waals surface area contributed by atoms with Gasteiger partial charge in [-0.1, -0.05) is 13.8 Å². The van der Waals surface area contributed by atoms with Crippen molar-refractivity contribution in [1.82, 2.24) is 0 Å². The number of carbonyl (C=O) groups is 3. The van der Waals surface area contributed by atoms with E-state index in [9.17, 15) is 14.4 Å². The van der Waals surface area contributed by atoms with Crippen LogP contribution in [-0.2, 0) is 19.1 Å². The standard InChI is InChI=1S/C13H21NO4/c1-8(2)4-10-6-13(10,7-14)12(17)18-11(16)5-9(3)15/h8,10H,4-7,14H2,1-3H3. The SMILES string of the molecule is CC(=O)CC(=O)OC(=O)C1(CN)CC1CC(C)C. The molecule has 0 aromatic rings. The highest BCUT2D eigenvalue weighted by Gasteiger charge is 2.60. The van der Waals surface area contributed by atoms with Gasteiger partial charge in [0.15, 0.2) is 0 Å². The average Bonchev–Trinajstić information content (AvgIpc) is 2.90. The van der Waals surface area contributed by atoms with Gasteiger partial charge in [0, 0.05) is 6.54 Å². The first-order valence-electron chi connectivity index (χ1n) is 6.26. The quantitative estimate of drug-likeness (QED) is 0.566. The van der Waals surface area contributed by atoms with Crippen molar-refractivity contribution >= 4 is 17.7 Å². The Hall–Kier alpha value is -1.23. The first-order chi connectivity index (χ1) is 8.31. The molecule has 5 heteroatoms. The van der Waals surface area contributed by atoms with E-state index in [1.54, 1.807) is 0 Å². The van der Waals surface area contributed by atoms with Crippen LogP contribution in [0.2, 0.25) is 0 Å². The number of nitrogens with two attached hydrogens (primary N) is 1. The maximum absolute atomic E-state index is 11.9. The second kappa shape index (κ2) is 5.61. The summed E-state index contributed by atoms with van der Waals surface area (Å²) in [6.45, 7) is 5.62. The van der Waals surface area contributed by atoms with Gasteiger partial charge in [-0.25, -0.2) is 0 Å². The Bertz CT molecular complexity index is 364. The smallest absolute Gasteiger partial charge is 0.321 e. The fraction of sp³-hybridized carbons (Fsp3) is 0.769. The predicted octanol–water partition coefficient (Wildman–Crippen LogP) is 1.05. The number of Topliss-reactive ketones (excluding diaryl/α,β-unsaturated/α-hetero) is 1. The molecule has 18 heavy (non-hydrogen) atoms. The monoisotopic (exact) mass is 255 g/mol. The highest BCUT2D eigenvalue weighted by Crippen LogP contribution is 2.55. The van der Waals surface area contributed by atoms with Crippen LogP contribution in [0.3, 0.4) is 0 Å². The molecule has 0 amide bonds. The lowest BCUT2D eigenvalue weighted by Gasteiger charge is -2.14. The summed E-state index contributed by atoms with van der Waals surface area (Å²) in [4.78, 5) is 33.9. The van der Waals surface area contributed by atoms with Crippen LogP contribution in [0.4, 0.5) is 0 Å². The van der Waals surface area contributed by atoms with Crippen LogP contribution >= 0.6 is 0 Å². The largest absolute Gasteiger partial charge is 0.392 e. The van der Waals surface area contributed by atoms with E-state index < -0.39 is 17.4 Å². The van der Waals surface area contributed by atoms with Crippen molar-refractivity contribution in [3.05, 3.63) is 0 Å². The van der Waals surface area contributed by atoms with E-state index in [0.29, 0.717) is 12.3 Å². The van der Waals surface area contributed by atoms with E-state index in [1.807, 2.05) is 0 Å². The summed E-state index contributed by atoms with van der Waals surface area (Å²) in [7, 11) is 0. The summed E-state index contributed by atoms with van der Waals surface area (Å²) in [6.07, 6.45) is 1.21. The predicted molar refractivity (Wildman–Crippen MR) is 65.4 cm³/mol. The molecule has 1 rings (SSSR count). The average molecular weight is 255 g/mol. The van der Waals surface area contributed by atoms with Gasteiger partial charge in [-0.05, 0) is 31.6 Å². The van der Waals surface area contributed by atoms with Crippen LogP contribution < -0.4 is 5.73 Å². The Morgan fingerprint density at radius 2 is 2.00 bits per heavy atom. The minimum Gasteiger partial charge on any atom is -0.392 e. The second-order valence-electron chi connectivity index (χ2n) is 5.53. The van der Waals surface area contributed by atoms with Gasteiger partial charge in [0.1, 0.15) is 12.2 Å². The molecular weight excluding hydrogens is 234 g/mol. The number of rotatable bonds is 6. The van der Waals surface area contributed by atoms with Crippen molar-refractivity contribution in [3.8, 4) is 0 Å².